The van der Waals surface area contributed by atoms with E-state index < -0.39 is 13.8 Å². The summed E-state index contributed by atoms with van der Waals surface area (Å²) in [7, 11) is -3.46. The van der Waals surface area contributed by atoms with Crippen LogP contribution in [0.15, 0.2) is 115 Å². The lowest BCUT2D eigenvalue weighted by Gasteiger charge is -2.26. The molecule has 0 heterocycles. The quantitative estimate of drug-likeness (QED) is 0.172. The second kappa shape index (κ2) is 9.08. The Morgan fingerprint density at radius 1 is 0.658 bits per heavy atom. The molecule has 1 atom stereocenters. The van der Waals surface area contributed by atoms with Crippen LogP contribution in [0.2, 0.25) is 0 Å². The molecule has 1 aliphatic carbocycles. The van der Waals surface area contributed by atoms with Gasteiger partial charge in [0, 0.05) is 15.9 Å². The molecule has 0 N–H and O–H groups in total. The van der Waals surface area contributed by atoms with Crippen LogP contribution in [0.25, 0.3) is 38.4 Å². The van der Waals surface area contributed by atoms with Gasteiger partial charge in [0.05, 0.1) is 0 Å². The number of hydrogen-bond acceptors (Lipinski definition) is 1. The van der Waals surface area contributed by atoms with Crippen molar-refractivity contribution in [1.29, 1.82) is 0 Å². The third-order valence-corrected chi connectivity index (χ3v) is 11.0. The van der Waals surface area contributed by atoms with Crippen molar-refractivity contribution in [2.45, 2.75) is 19.5 Å². The Kier molecular flexibility index (Phi) is 5.53. The Hall–Kier alpha value is -4.00. The Bertz CT molecular complexity index is 1950. The molecule has 0 aliphatic heterocycles. The fourth-order valence-corrected chi connectivity index (χ4v) is 9.27. The van der Waals surface area contributed by atoms with E-state index in [1.807, 2.05) is 42.5 Å². The van der Waals surface area contributed by atoms with Gasteiger partial charge in [-0.15, -0.1) is 0 Å². The number of hydrogen-bond donors (Lipinski definition) is 0. The number of alkyl halides is 1. The van der Waals surface area contributed by atoms with E-state index in [9.17, 15) is 4.39 Å². The van der Waals surface area contributed by atoms with Gasteiger partial charge in [0.1, 0.15) is 6.67 Å². The average molecular weight is 513 g/mol. The summed E-state index contributed by atoms with van der Waals surface area (Å²) >= 11 is 0. The topological polar surface area (TPSA) is 17.1 Å². The summed E-state index contributed by atoms with van der Waals surface area (Å²) in [5.74, 6) is 0. The van der Waals surface area contributed by atoms with Crippen LogP contribution in [0.3, 0.4) is 0 Å². The van der Waals surface area contributed by atoms with Crippen LogP contribution in [0.5, 0.6) is 0 Å². The van der Waals surface area contributed by atoms with Crippen molar-refractivity contribution in [3.8, 4) is 0 Å². The summed E-state index contributed by atoms with van der Waals surface area (Å²) in [5, 5.41) is 8.66. The average Bonchev–Trinajstić information content (AvgIpc) is 3.00. The molecule has 0 spiro atoms. The van der Waals surface area contributed by atoms with Gasteiger partial charge in [-0.05, 0) is 80.0 Å². The summed E-state index contributed by atoms with van der Waals surface area (Å²) in [6.07, 6.45) is 6.32. The van der Waals surface area contributed by atoms with Crippen molar-refractivity contribution in [1.82, 2.24) is 0 Å². The Balaban J connectivity index is 1.68. The predicted molar refractivity (Wildman–Crippen MR) is 161 cm³/mol. The second-order valence-electron chi connectivity index (χ2n) is 10.0. The molecule has 0 bridgehead atoms. The molecule has 0 fully saturated rings. The van der Waals surface area contributed by atoms with E-state index in [-0.39, 0.29) is 0 Å². The van der Waals surface area contributed by atoms with Crippen LogP contribution < -0.4 is 15.9 Å². The number of rotatable bonds is 4. The Morgan fingerprint density at radius 3 is 2.11 bits per heavy atom. The number of halogens is 1. The lowest BCUT2D eigenvalue weighted by Crippen LogP contribution is -2.27. The third-order valence-electron chi connectivity index (χ3n) is 7.88. The van der Waals surface area contributed by atoms with Crippen LogP contribution in [-0.4, -0.2) is 0 Å². The van der Waals surface area contributed by atoms with E-state index in [0.717, 1.165) is 61.3 Å². The van der Waals surface area contributed by atoms with Crippen LogP contribution in [0.4, 0.5) is 4.39 Å². The highest BCUT2D eigenvalue weighted by Gasteiger charge is 2.35. The van der Waals surface area contributed by atoms with Crippen LogP contribution in [0.1, 0.15) is 23.1 Å². The number of fused-ring (bicyclic) bond motifs is 6. The zero-order valence-corrected chi connectivity index (χ0v) is 21.8. The summed E-state index contributed by atoms with van der Waals surface area (Å²) < 4.78 is 30.0. The van der Waals surface area contributed by atoms with Gasteiger partial charge in [-0.2, -0.15) is 0 Å². The highest BCUT2D eigenvalue weighted by atomic mass is 31.2. The van der Waals surface area contributed by atoms with E-state index in [2.05, 4.69) is 66.7 Å². The minimum absolute atomic E-state index is 0.537. The van der Waals surface area contributed by atoms with Gasteiger partial charge in [0.15, 0.2) is 7.14 Å². The van der Waals surface area contributed by atoms with Gasteiger partial charge < -0.3 is 4.57 Å². The van der Waals surface area contributed by atoms with E-state index in [4.69, 9.17) is 0 Å². The van der Waals surface area contributed by atoms with E-state index in [1.54, 1.807) is 12.1 Å². The second-order valence-corrected chi connectivity index (χ2v) is 12.7. The molecular weight excluding hydrogens is 486 g/mol. The molecule has 184 valence electrons. The largest absolute Gasteiger partial charge is 0.309 e. The summed E-state index contributed by atoms with van der Waals surface area (Å²) in [5.41, 5.74) is 2.96. The molecule has 0 radical (unpaired) electrons. The fraction of sp³-hybridized carbons (Fsp3) is 0.0857. The van der Waals surface area contributed by atoms with Crippen molar-refractivity contribution in [3.05, 3.63) is 132 Å². The first-order valence-electron chi connectivity index (χ1n) is 13.1. The zero-order valence-electron chi connectivity index (χ0n) is 20.9. The number of aryl methyl sites for hydroxylation is 1. The first kappa shape index (κ1) is 23.1. The molecule has 6 aromatic rings. The molecule has 1 unspecified atom stereocenters. The fourth-order valence-electron chi connectivity index (χ4n) is 6.10. The molecule has 7 rings (SSSR count). The van der Waals surface area contributed by atoms with Crippen LogP contribution >= 0.6 is 7.14 Å². The minimum atomic E-state index is -3.46. The first-order chi connectivity index (χ1) is 18.7. The maximum absolute atomic E-state index is 16.1. The Labute approximate surface area is 221 Å². The molecule has 1 aliphatic rings. The number of benzene rings is 6. The van der Waals surface area contributed by atoms with Crippen molar-refractivity contribution < 1.29 is 8.96 Å². The van der Waals surface area contributed by atoms with Crippen molar-refractivity contribution in [2.75, 3.05) is 0 Å². The molecule has 3 heteroatoms. The first-order valence-corrected chi connectivity index (χ1v) is 14.8. The maximum atomic E-state index is 16.1. The van der Waals surface area contributed by atoms with Crippen molar-refractivity contribution >= 4 is 61.4 Å². The lowest BCUT2D eigenvalue weighted by molar-refractivity contribution is 0.485. The van der Waals surface area contributed by atoms with Gasteiger partial charge in [-0.25, -0.2) is 4.39 Å². The molecule has 1 nitrogen and oxygen atoms in total. The molecule has 6 aromatic carbocycles. The van der Waals surface area contributed by atoms with Crippen LogP contribution in [-0.2, 0) is 17.7 Å². The molecular formula is C35H26FOP. The smallest absolute Gasteiger partial charge is 0.172 e. The third kappa shape index (κ3) is 3.48. The normalized spacial score (nSPS) is 14.6. The summed E-state index contributed by atoms with van der Waals surface area (Å²) in [6, 6.07) is 36.4. The van der Waals surface area contributed by atoms with Gasteiger partial charge in [0.25, 0.3) is 0 Å². The molecule has 38 heavy (non-hydrogen) atoms. The molecule has 0 saturated carbocycles. The van der Waals surface area contributed by atoms with Gasteiger partial charge in [-0.3, -0.25) is 0 Å². The van der Waals surface area contributed by atoms with Gasteiger partial charge >= 0.3 is 0 Å². The monoisotopic (exact) mass is 512 g/mol. The summed E-state index contributed by atoms with van der Waals surface area (Å²) in [6.45, 7) is -0.597. The predicted octanol–water partition coefficient (Wildman–Crippen LogP) is 8.21. The highest BCUT2D eigenvalue weighted by Crippen LogP contribution is 2.48. The zero-order chi connectivity index (χ0) is 25.7. The maximum Gasteiger partial charge on any atom is 0.172 e. The molecule has 0 saturated heterocycles. The highest BCUT2D eigenvalue weighted by molar-refractivity contribution is 7.86. The van der Waals surface area contributed by atoms with E-state index >= 15 is 4.57 Å². The standard InChI is InChI=1S/C35H26FOP/c36-23-24-10-9-13-27(20-24)38(37,34-21-25-11-1-3-14-28(25)30-16-5-7-18-32(30)34)35-22-26-12-2-4-15-29(26)31-17-6-8-19-33(31)35/h1-3,5-14,16-22H,4,15,23H2. The summed E-state index contributed by atoms with van der Waals surface area (Å²) in [4.78, 5) is 0. The molecule has 0 amide bonds. The van der Waals surface area contributed by atoms with Crippen molar-refractivity contribution in [2.24, 2.45) is 0 Å². The van der Waals surface area contributed by atoms with E-state index in [1.165, 1.54) is 5.56 Å². The molecule has 0 aromatic heterocycles. The Morgan fingerprint density at radius 2 is 1.32 bits per heavy atom. The van der Waals surface area contributed by atoms with Gasteiger partial charge in [-0.1, -0.05) is 103 Å². The number of allylic oxidation sites excluding steroid dienone is 1. The minimum Gasteiger partial charge on any atom is -0.309 e. The SMILES string of the molecule is O=P(c1cccc(CF)c1)(c1cc2c(c3ccccc13)CCC=C2)c1cc2ccccc2c2ccccc12. The van der Waals surface area contributed by atoms with E-state index in [0.29, 0.717) is 10.9 Å². The van der Waals surface area contributed by atoms with Crippen LogP contribution in [0, 0.1) is 0 Å². The van der Waals surface area contributed by atoms with Gasteiger partial charge in [0.2, 0.25) is 0 Å². The van der Waals surface area contributed by atoms with Crippen molar-refractivity contribution in [3.63, 3.8) is 0 Å². The lowest BCUT2D eigenvalue weighted by atomic mass is 9.92.